The fourth-order valence-electron chi connectivity index (χ4n) is 3.19. The van der Waals surface area contributed by atoms with Gasteiger partial charge in [-0.1, -0.05) is 13.8 Å². The quantitative estimate of drug-likeness (QED) is 0.425. The number of carbonyl (C=O) groups excluding carboxylic acids is 1. The molecule has 29 heavy (non-hydrogen) atoms. The molecule has 0 aliphatic carbocycles. The van der Waals surface area contributed by atoms with Crippen molar-refractivity contribution in [3.8, 4) is 23.0 Å². The highest BCUT2D eigenvalue weighted by atomic mass is 16.6. The van der Waals surface area contributed by atoms with Gasteiger partial charge in [-0.2, -0.15) is 0 Å². The van der Waals surface area contributed by atoms with Gasteiger partial charge in [0.2, 0.25) is 5.75 Å². The van der Waals surface area contributed by atoms with Crippen molar-refractivity contribution in [2.75, 3.05) is 32.7 Å². The number of nitrogens with two attached hydrogens (primary N) is 1. The zero-order valence-corrected chi connectivity index (χ0v) is 17.3. The number of fused-ring (bicyclic) bond motifs is 1. The van der Waals surface area contributed by atoms with E-state index in [-0.39, 0.29) is 11.7 Å². The van der Waals surface area contributed by atoms with Crippen LogP contribution in [-0.2, 0) is 0 Å². The van der Waals surface area contributed by atoms with Gasteiger partial charge in [0, 0.05) is 11.1 Å². The number of rotatable bonds is 7. The lowest BCUT2D eigenvalue weighted by molar-refractivity contribution is 0.102. The minimum absolute atomic E-state index is 0.00879. The van der Waals surface area contributed by atoms with E-state index in [2.05, 4.69) is 0 Å². The summed E-state index contributed by atoms with van der Waals surface area (Å²) in [6, 6.07) is 8.84. The molecule has 2 aromatic carbocycles. The van der Waals surface area contributed by atoms with Gasteiger partial charge < -0.3 is 24.7 Å². The van der Waals surface area contributed by atoms with E-state index in [0.29, 0.717) is 59.6 Å². The van der Waals surface area contributed by atoms with Crippen molar-refractivity contribution in [1.29, 1.82) is 0 Å². The normalized spacial score (nSPS) is 13.3. The third-order valence-electron chi connectivity index (χ3n) is 4.63. The molecule has 3 rings (SSSR count). The van der Waals surface area contributed by atoms with Crippen molar-refractivity contribution in [2.24, 2.45) is 5.92 Å². The first-order valence-electron chi connectivity index (χ1n) is 9.70. The molecule has 0 saturated carbocycles. The lowest BCUT2D eigenvalue weighted by Crippen LogP contribution is -2.16. The summed E-state index contributed by atoms with van der Waals surface area (Å²) in [7, 11) is 1.58. The lowest BCUT2D eigenvalue weighted by atomic mass is 9.92. The molecule has 6 heteroatoms. The minimum atomic E-state index is -0.0800. The molecule has 154 valence electrons. The highest BCUT2D eigenvalue weighted by Gasteiger charge is 2.21. The predicted octanol–water partition coefficient (Wildman–Crippen LogP) is 4.37. The molecule has 1 aliphatic heterocycles. The highest BCUT2D eigenvalue weighted by Crippen LogP contribution is 2.41. The van der Waals surface area contributed by atoms with Crippen LogP contribution in [-0.4, -0.2) is 32.7 Å². The average molecular weight is 397 g/mol. The smallest absolute Gasteiger partial charge is 0.203 e. The molecule has 0 bridgehead atoms. The standard InChI is InChI=1S/C23H27NO5/c1-5-27-19-7-6-16(13-18(19)24)22(25)17(14(2)3)10-15-11-20(26-4)23-21(12-15)28-8-9-29-23/h6-7,10-14H,5,8-9,24H2,1-4H3. The summed E-state index contributed by atoms with van der Waals surface area (Å²) in [4.78, 5) is 13.2. The van der Waals surface area contributed by atoms with Crippen LogP contribution in [0.15, 0.2) is 35.9 Å². The summed E-state index contributed by atoms with van der Waals surface area (Å²) in [6.45, 7) is 7.33. The SMILES string of the molecule is CCOc1ccc(C(=O)C(=Cc2cc(OC)c3c(c2)OCCO3)C(C)C)cc1N. The lowest BCUT2D eigenvalue weighted by Gasteiger charge is -2.21. The molecular weight excluding hydrogens is 370 g/mol. The Labute approximate surface area is 171 Å². The van der Waals surface area contributed by atoms with Crippen molar-refractivity contribution < 1.29 is 23.7 Å². The molecule has 1 aliphatic rings. The van der Waals surface area contributed by atoms with Gasteiger partial charge >= 0.3 is 0 Å². The Kier molecular flexibility index (Phi) is 6.32. The van der Waals surface area contributed by atoms with Crippen LogP contribution in [0.4, 0.5) is 5.69 Å². The zero-order valence-electron chi connectivity index (χ0n) is 17.3. The molecule has 0 spiro atoms. The van der Waals surface area contributed by atoms with E-state index in [1.165, 1.54) is 0 Å². The zero-order chi connectivity index (χ0) is 21.0. The van der Waals surface area contributed by atoms with Crippen LogP contribution < -0.4 is 24.7 Å². The van der Waals surface area contributed by atoms with Gasteiger partial charge in [0.05, 0.1) is 19.4 Å². The highest BCUT2D eigenvalue weighted by molar-refractivity contribution is 6.12. The van der Waals surface area contributed by atoms with Gasteiger partial charge in [-0.3, -0.25) is 4.79 Å². The number of ketones is 1. The van der Waals surface area contributed by atoms with Gasteiger partial charge in [-0.25, -0.2) is 0 Å². The Hall–Kier alpha value is -3.15. The number of hydrogen-bond donors (Lipinski definition) is 1. The summed E-state index contributed by atoms with van der Waals surface area (Å²) < 4.78 is 22.3. The minimum Gasteiger partial charge on any atom is -0.493 e. The van der Waals surface area contributed by atoms with Crippen LogP contribution in [0, 0.1) is 5.92 Å². The van der Waals surface area contributed by atoms with E-state index in [1.807, 2.05) is 39.0 Å². The van der Waals surface area contributed by atoms with E-state index in [0.717, 1.165) is 5.56 Å². The van der Waals surface area contributed by atoms with Crippen molar-refractivity contribution in [2.45, 2.75) is 20.8 Å². The number of ether oxygens (including phenoxy) is 4. The summed E-state index contributed by atoms with van der Waals surface area (Å²) in [5, 5.41) is 0. The molecule has 0 amide bonds. The number of allylic oxidation sites excluding steroid dienone is 1. The number of hydrogen-bond acceptors (Lipinski definition) is 6. The van der Waals surface area contributed by atoms with Crippen LogP contribution in [0.25, 0.3) is 6.08 Å². The van der Waals surface area contributed by atoms with E-state index in [4.69, 9.17) is 24.7 Å². The fourth-order valence-corrected chi connectivity index (χ4v) is 3.19. The second-order valence-corrected chi connectivity index (χ2v) is 7.02. The number of Topliss-reactive ketones (excluding diaryl/α,β-unsaturated/α-hetero) is 1. The first-order valence-corrected chi connectivity index (χ1v) is 9.70. The molecule has 0 fully saturated rings. The molecule has 0 radical (unpaired) electrons. The van der Waals surface area contributed by atoms with Gasteiger partial charge in [0.1, 0.15) is 19.0 Å². The Bertz CT molecular complexity index is 916. The largest absolute Gasteiger partial charge is 0.493 e. The van der Waals surface area contributed by atoms with Crippen LogP contribution in [0.5, 0.6) is 23.0 Å². The van der Waals surface area contributed by atoms with E-state index in [1.54, 1.807) is 25.3 Å². The van der Waals surface area contributed by atoms with Crippen molar-refractivity contribution in [3.63, 3.8) is 0 Å². The second-order valence-electron chi connectivity index (χ2n) is 7.02. The number of anilines is 1. The first kappa shape index (κ1) is 20.6. The van der Waals surface area contributed by atoms with E-state index in [9.17, 15) is 4.79 Å². The van der Waals surface area contributed by atoms with Crippen molar-refractivity contribution >= 4 is 17.5 Å². The van der Waals surface area contributed by atoms with E-state index >= 15 is 0 Å². The summed E-state index contributed by atoms with van der Waals surface area (Å²) in [5.74, 6) is 2.29. The molecule has 0 unspecified atom stereocenters. The number of benzene rings is 2. The molecule has 0 atom stereocenters. The fraction of sp³-hybridized carbons (Fsp3) is 0.348. The molecule has 2 aromatic rings. The van der Waals surface area contributed by atoms with Crippen LogP contribution in [0.2, 0.25) is 0 Å². The third-order valence-corrected chi connectivity index (χ3v) is 4.63. The maximum atomic E-state index is 13.2. The maximum Gasteiger partial charge on any atom is 0.203 e. The van der Waals surface area contributed by atoms with Gasteiger partial charge in [0.15, 0.2) is 17.3 Å². The Morgan fingerprint density at radius 1 is 1.17 bits per heavy atom. The van der Waals surface area contributed by atoms with Gasteiger partial charge in [-0.15, -0.1) is 0 Å². The van der Waals surface area contributed by atoms with Crippen molar-refractivity contribution in [1.82, 2.24) is 0 Å². The molecule has 6 nitrogen and oxygen atoms in total. The molecule has 0 saturated heterocycles. The summed E-state index contributed by atoms with van der Waals surface area (Å²) in [6.07, 6.45) is 1.86. The first-order chi connectivity index (χ1) is 13.9. The van der Waals surface area contributed by atoms with Crippen LogP contribution in [0.3, 0.4) is 0 Å². The number of methoxy groups -OCH3 is 1. The number of nitrogen functional groups attached to an aromatic ring is 1. The second kappa shape index (κ2) is 8.90. The molecule has 1 heterocycles. The average Bonchev–Trinajstić information content (AvgIpc) is 2.72. The van der Waals surface area contributed by atoms with Crippen LogP contribution in [0.1, 0.15) is 36.7 Å². The monoisotopic (exact) mass is 397 g/mol. The summed E-state index contributed by atoms with van der Waals surface area (Å²) in [5.41, 5.74) is 8.48. The molecule has 2 N–H and O–H groups in total. The van der Waals surface area contributed by atoms with Gasteiger partial charge in [-0.05, 0) is 54.8 Å². The van der Waals surface area contributed by atoms with E-state index < -0.39 is 0 Å². The van der Waals surface area contributed by atoms with Gasteiger partial charge in [0.25, 0.3) is 0 Å². The van der Waals surface area contributed by atoms with Crippen molar-refractivity contribution in [3.05, 3.63) is 47.0 Å². The molecule has 0 aromatic heterocycles. The topological polar surface area (TPSA) is 80.0 Å². The third kappa shape index (κ3) is 4.47. The Morgan fingerprint density at radius 3 is 2.59 bits per heavy atom. The predicted molar refractivity (Wildman–Crippen MR) is 113 cm³/mol. The maximum absolute atomic E-state index is 13.2. The Morgan fingerprint density at radius 2 is 1.93 bits per heavy atom. The molecular formula is C23H27NO5. The number of carbonyl (C=O) groups is 1. The Balaban J connectivity index is 1.98. The van der Waals surface area contributed by atoms with Crippen LogP contribution >= 0.6 is 0 Å². The summed E-state index contributed by atoms with van der Waals surface area (Å²) >= 11 is 0.